The Balaban J connectivity index is 3.52. The van der Waals surface area contributed by atoms with Gasteiger partial charge in [0.05, 0.1) is 6.04 Å². The molecule has 1 unspecified atom stereocenters. The van der Waals surface area contributed by atoms with Crippen LogP contribution in [0.25, 0.3) is 0 Å². The van der Waals surface area contributed by atoms with Gasteiger partial charge in [0.1, 0.15) is 5.78 Å². The SMILES string of the molecule is CCC(NC)C(C)=O. The Hall–Kier alpha value is -0.370. The van der Waals surface area contributed by atoms with Gasteiger partial charge in [-0.15, -0.1) is 0 Å². The van der Waals surface area contributed by atoms with Gasteiger partial charge in [-0.25, -0.2) is 0 Å². The van der Waals surface area contributed by atoms with Crippen LogP contribution in [0.2, 0.25) is 0 Å². The number of carbonyl (C=O) groups is 1. The van der Waals surface area contributed by atoms with Crippen LogP contribution < -0.4 is 5.32 Å². The van der Waals surface area contributed by atoms with Gasteiger partial charge in [-0.05, 0) is 20.4 Å². The quantitative estimate of drug-likeness (QED) is 0.582. The Morgan fingerprint density at radius 1 is 1.75 bits per heavy atom. The van der Waals surface area contributed by atoms with Gasteiger partial charge in [0.15, 0.2) is 0 Å². The van der Waals surface area contributed by atoms with Gasteiger partial charge in [0.25, 0.3) is 0 Å². The minimum Gasteiger partial charge on any atom is -0.311 e. The van der Waals surface area contributed by atoms with Crippen LogP contribution in [0.4, 0.5) is 0 Å². The molecule has 0 aromatic rings. The molecular formula is C6H13NO. The van der Waals surface area contributed by atoms with E-state index in [1.54, 1.807) is 14.0 Å². The maximum atomic E-state index is 10.5. The second kappa shape index (κ2) is 3.61. The summed E-state index contributed by atoms with van der Waals surface area (Å²) in [5.41, 5.74) is 0. The fourth-order valence-electron chi connectivity index (χ4n) is 0.695. The molecule has 0 heterocycles. The average molecular weight is 115 g/mol. The molecule has 0 aromatic heterocycles. The zero-order valence-corrected chi connectivity index (χ0v) is 5.69. The lowest BCUT2D eigenvalue weighted by molar-refractivity contribution is -0.118. The van der Waals surface area contributed by atoms with Crippen LogP contribution in [0, 0.1) is 0 Å². The standard InChI is InChI=1S/C6H13NO/c1-4-6(7-3)5(2)8/h6-7H,4H2,1-3H3. The third-order valence-electron chi connectivity index (χ3n) is 1.25. The molecule has 0 aliphatic rings. The predicted molar refractivity (Wildman–Crippen MR) is 33.8 cm³/mol. The van der Waals surface area contributed by atoms with E-state index in [1.807, 2.05) is 6.92 Å². The molecule has 0 rings (SSSR count). The van der Waals surface area contributed by atoms with Gasteiger partial charge in [-0.3, -0.25) is 4.79 Å². The van der Waals surface area contributed by atoms with Crippen LogP contribution in [-0.4, -0.2) is 18.9 Å². The number of nitrogens with one attached hydrogen (secondary N) is 1. The minimum absolute atomic E-state index is 0.0648. The van der Waals surface area contributed by atoms with Crippen LogP contribution >= 0.6 is 0 Å². The summed E-state index contributed by atoms with van der Waals surface area (Å²) in [6.07, 6.45) is 0.881. The molecule has 0 aliphatic carbocycles. The van der Waals surface area contributed by atoms with Crippen LogP contribution in [0.3, 0.4) is 0 Å². The topological polar surface area (TPSA) is 29.1 Å². The second-order valence-corrected chi connectivity index (χ2v) is 1.86. The van der Waals surface area contributed by atoms with Crippen molar-refractivity contribution in [3.05, 3.63) is 0 Å². The summed E-state index contributed by atoms with van der Waals surface area (Å²) < 4.78 is 0. The second-order valence-electron chi connectivity index (χ2n) is 1.86. The zero-order valence-electron chi connectivity index (χ0n) is 5.69. The first-order chi connectivity index (χ1) is 3.72. The van der Waals surface area contributed by atoms with Crippen molar-refractivity contribution in [2.24, 2.45) is 0 Å². The van der Waals surface area contributed by atoms with Crippen LogP contribution in [0.1, 0.15) is 20.3 Å². The first-order valence-electron chi connectivity index (χ1n) is 2.90. The van der Waals surface area contributed by atoms with E-state index in [9.17, 15) is 4.79 Å². The lowest BCUT2D eigenvalue weighted by atomic mass is 10.1. The molecule has 1 N–H and O–H groups in total. The van der Waals surface area contributed by atoms with Gasteiger partial charge >= 0.3 is 0 Å². The molecular weight excluding hydrogens is 102 g/mol. The van der Waals surface area contributed by atoms with Gasteiger partial charge in [-0.1, -0.05) is 6.92 Å². The van der Waals surface area contributed by atoms with Crippen molar-refractivity contribution < 1.29 is 4.79 Å². The Morgan fingerprint density at radius 2 is 2.25 bits per heavy atom. The van der Waals surface area contributed by atoms with E-state index < -0.39 is 0 Å². The third-order valence-corrected chi connectivity index (χ3v) is 1.25. The highest BCUT2D eigenvalue weighted by Gasteiger charge is 2.05. The highest BCUT2D eigenvalue weighted by atomic mass is 16.1. The first-order valence-corrected chi connectivity index (χ1v) is 2.90. The lowest BCUT2D eigenvalue weighted by Gasteiger charge is -2.07. The Kier molecular flexibility index (Phi) is 3.44. The zero-order chi connectivity index (χ0) is 6.57. The van der Waals surface area contributed by atoms with Crippen molar-refractivity contribution in [2.45, 2.75) is 26.3 Å². The Morgan fingerprint density at radius 3 is 2.25 bits per heavy atom. The molecule has 8 heavy (non-hydrogen) atoms. The Labute approximate surface area is 50.3 Å². The molecule has 0 fully saturated rings. The summed E-state index contributed by atoms with van der Waals surface area (Å²) in [6.45, 7) is 3.59. The summed E-state index contributed by atoms with van der Waals surface area (Å²) in [7, 11) is 1.80. The number of Topliss-reactive ketones (excluding diaryl/α,β-unsaturated/α-hetero) is 1. The summed E-state index contributed by atoms with van der Waals surface area (Å²) in [4.78, 5) is 10.5. The summed E-state index contributed by atoms with van der Waals surface area (Å²) in [5.74, 6) is 0.218. The molecule has 0 saturated heterocycles. The van der Waals surface area contributed by atoms with Crippen molar-refractivity contribution in [3.63, 3.8) is 0 Å². The summed E-state index contributed by atoms with van der Waals surface area (Å²) in [6, 6.07) is 0.0648. The smallest absolute Gasteiger partial charge is 0.146 e. The lowest BCUT2D eigenvalue weighted by Crippen LogP contribution is -2.31. The molecule has 2 nitrogen and oxygen atoms in total. The number of ketones is 1. The van der Waals surface area contributed by atoms with Gasteiger partial charge in [0.2, 0.25) is 0 Å². The third kappa shape index (κ3) is 2.07. The van der Waals surface area contributed by atoms with Crippen molar-refractivity contribution in [3.8, 4) is 0 Å². The monoisotopic (exact) mass is 115 g/mol. The molecule has 0 aromatic carbocycles. The van der Waals surface area contributed by atoms with Crippen molar-refractivity contribution in [1.82, 2.24) is 5.32 Å². The molecule has 0 aliphatic heterocycles. The van der Waals surface area contributed by atoms with Crippen molar-refractivity contribution in [2.75, 3.05) is 7.05 Å². The first kappa shape index (κ1) is 7.63. The number of hydrogen-bond donors (Lipinski definition) is 1. The van der Waals surface area contributed by atoms with Crippen molar-refractivity contribution >= 4 is 5.78 Å². The largest absolute Gasteiger partial charge is 0.311 e. The van der Waals surface area contributed by atoms with E-state index in [0.29, 0.717) is 0 Å². The highest BCUT2D eigenvalue weighted by molar-refractivity contribution is 5.81. The van der Waals surface area contributed by atoms with E-state index in [-0.39, 0.29) is 11.8 Å². The normalized spacial score (nSPS) is 13.4. The molecule has 0 spiro atoms. The molecule has 0 radical (unpaired) electrons. The summed E-state index contributed by atoms with van der Waals surface area (Å²) in [5, 5.41) is 2.90. The summed E-state index contributed by atoms with van der Waals surface area (Å²) >= 11 is 0. The fourth-order valence-corrected chi connectivity index (χ4v) is 0.695. The van der Waals surface area contributed by atoms with Gasteiger partial charge in [-0.2, -0.15) is 0 Å². The van der Waals surface area contributed by atoms with E-state index in [2.05, 4.69) is 5.32 Å². The molecule has 0 amide bonds. The van der Waals surface area contributed by atoms with Crippen LogP contribution in [-0.2, 0) is 4.79 Å². The molecule has 48 valence electrons. The minimum atomic E-state index is 0.0648. The number of hydrogen-bond acceptors (Lipinski definition) is 2. The number of likely N-dealkylation sites (N-methyl/N-ethyl adjacent to an activating group) is 1. The van der Waals surface area contributed by atoms with E-state index in [1.165, 1.54) is 0 Å². The van der Waals surface area contributed by atoms with Gasteiger partial charge in [0, 0.05) is 0 Å². The maximum absolute atomic E-state index is 10.5. The Bertz CT molecular complexity index is 76.6. The highest BCUT2D eigenvalue weighted by Crippen LogP contribution is 1.88. The van der Waals surface area contributed by atoms with Gasteiger partial charge < -0.3 is 5.32 Å². The van der Waals surface area contributed by atoms with E-state index in [0.717, 1.165) is 6.42 Å². The molecule has 1 atom stereocenters. The maximum Gasteiger partial charge on any atom is 0.146 e. The van der Waals surface area contributed by atoms with Crippen molar-refractivity contribution in [1.29, 1.82) is 0 Å². The van der Waals surface area contributed by atoms with Crippen LogP contribution in [0.5, 0.6) is 0 Å². The molecule has 0 saturated carbocycles. The van der Waals surface area contributed by atoms with E-state index in [4.69, 9.17) is 0 Å². The number of carbonyl (C=O) groups excluding carboxylic acids is 1. The fraction of sp³-hybridized carbons (Fsp3) is 0.833. The molecule has 2 heteroatoms. The predicted octanol–water partition coefficient (Wildman–Crippen LogP) is 0.573. The average Bonchev–Trinajstić information content (AvgIpc) is 1.69. The van der Waals surface area contributed by atoms with E-state index >= 15 is 0 Å². The molecule has 0 bridgehead atoms. The number of rotatable bonds is 3. The van der Waals surface area contributed by atoms with Crippen LogP contribution in [0.15, 0.2) is 0 Å².